The SMILES string of the molecule is CCNc1cc(Nc2ccc(OC)cc2)nc(C(C)C)n1. The summed E-state index contributed by atoms with van der Waals surface area (Å²) in [6.07, 6.45) is 0. The molecule has 2 N–H and O–H groups in total. The minimum Gasteiger partial charge on any atom is -0.497 e. The maximum atomic E-state index is 5.16. The Labute approximate surface area is 125 Å². The molecule has 0 bridgehead atoms. The van der Waals surface area contributed by atoms with Crippen LogP contribution in [0.1, 0.15) is 32.5 Å². The molecule has 2 rings (SSSR count). The van der Waals surface area contributed by atoms with Gasteiger partial charge in [-0.2, -0.15) is 0 Å². The Morgan fingerprint density at radius 1 is 1.10 bits per heavy atom. The van der Waals surface area contributed by atoms with Crippen LogP contribution in [0.15, 0.2) is 30.3 Å². The molecule has 0 aliphatic rings. The number of ether oxygens (including phenoxy) is 1. The zero-order valence-electron chi connectivity index (χ0n) is 13.0. The van der Waals surface area contributed by atoms with Crippen molar-refractivity contribution in [2.24, 2.45) is 0 Å². The Balaban J connectivity index is 2.24. The molecule has 1 heterocycles. The van der Waals surface area contributed by atoms with Crippen LogP contribution in [0.2, 0.25) is 0 Å². The molecule has 0 atom stereocenters. The van der Waals surface area contributed by atoms with Gasteiger partial charge in [-0.3, -0.25) is 0 Å². The van der Waals surface area contributed by atoms with Crippen molar-refractivity contribution in [3.63, 3.8) is 0 Å². The summed E-state index contributed by atoms with van der Waals surface area (Å²) in [6.45, 7) is 7.05. The highest BCUT2D eigenvalue weighted by atomic mass is 16.5. The van der Waals surface area contributed by atoms with Gasteiger partial charge in [-0.05, 0) is 31.2 Å². The minimum atomic E-state index is 0.278. The molecule has 2 aromatic rings. The van der Waals surface area contributed by atoms with Crippen LogP contribution in [0, 0.1) is 0 Å². The van der Waals surface area contributed by atoms with Gasteiger partial charge in [0.05, 0.1) is 7.11 Å². The third-order valence-corrected chi connectivity index (χ3v) is 2.98. The molecule has 21 heavy (non-hydrogen) atoms. The van der Waals surface area contributed by atoms with E-state index >= 15 is 0 Å². The lowest BCUT2D eigenvalue weighted by Gasteiger charge is -2.12. The van der Waals surface area contributed by atoms with Crippen LogP contribution in [-0.4, -0.2) is 23.6 Å². The van der Waals surface area contributed by atoms with Gasteiger partial charge in [0.25, 0.3) is 0 Å². The van der Waals surface area contributed by atoms with Gasteiger partial charge in [-0.1, -0.05) is 13.8 Å². The Hall–Kier alpha value is -2.30. The van der Waals surface area contributed by atoms with Crippen LogP contribution < -0.4 is 15.4 Å². The number of hydrogen-bond acceptors (Lipinski definition) is 5. The first kappa shape index (κ1) is 15.1. The van der Waals surface area contributed by atoms with Crippen molar-refractivity contribution in [2.75, 3.05) is 24.3 Å². The normalized spacial score (nSPS) is 10.5. The van der Waals surface area contributed by atoms with Crippen LogP contribution in [0.25, 0.3) is 0 Å². The summed E-state index contributed by atoms with van der Waals surface area (Å²) in [7, 11) is 1.66. The van der Waals surface area contributed by atoms with E-state index in [1.54, 1.807) is 7.11 Å². The second kappa shape index (κ2) is 6.92. The van der Waals surface area contributed by atoms with Crippen molar-refractivity contribution in [3.05, 3.63) is 36.2 Å². The van der Waals surface area contributed by atoms with E-state index < -0.39 is 0 Å². The van der Waals surface area contributed by atoms with Crippen molar-refractivity contribution in [3.8, 4) is 5.75 Å². The number of nitrogens with zero attached hydrogens (tertiary/aromatic N) is 2. The van der Waals surface area contributed by atoms with E-state index in [1.807, 2.05) is 37.3 Å². The molecule has 0 spiro atoms. The van der Waals surface area contributed by atoms with E-state index in [2.05, 4.69) is 34.4 Å². The summed E-state index contributed by atoms with van der Waals surface area (Å²) in [5.74, 6) is 3.56. The van der Waals surface area contributed by atoms with Gasteiger partial charge in [0, 0.05) is 24.2 Å². The fourth-order valence-corrected chi connectivity index (χ4v) is 1.88. The first-order valence-corrected chi connectivity index (χ1v) is 7.16. The molecule has 0 radical (unpaired) electrons. The fraction of sp³-hybridized carbons (Fsp3) is 0.375. The highest BCUT2D eigenvalue weighted by Crippen LogP contribution is 2.22. The molecule has 0 saturated heterocycles. The smallest absolute Gasteiger partial charge is 0.136 e. The number of benzene rings is 1. The van der Waals surface area contributed by atoms with Crippen molar-refractivity contribution in [2.45, 2.75) is 26.7 Å². The van der Waals surface area contributed by atoms with E-state index in [0.717, 1.165) is 35.4 Å². The van der Waals surface area contributed by atoms with Gasteiger partial charge in [-0.15, -0.1) is 0 Å². The van der Waals surface area contributed by atoms with E-state index in [9.17, 15) is 0 Å². The lowest BCUT2D eigenvalue weighted by Crippen LogP contribution is -2.07. The summed E-state index contributed by atoms with van der Waals surface area (Å²) < 4.78 is 5.16. The molecule has 5 heteroatoms. The lowest BCUT2D eigenvalue weighted by molar-refractivity contribution is 0.415. The Bertz CT molecular complexity index is 581. The zero-order valence-corrected chi connectivity index (χ0v) is 13.0. The highest BCUT2D eigenvalue weighted by molar-refractivity contribution is 5.60. The molecule has 0 fully saturated rings. The van der Waals surface area contributed by atoms with Gasteiger partial charge in [-0.25, -0.2) is 9.97 Å². The second-order valence-corrected chi connectivity index (χ2v) is 5.04. The van der Waals surface area contributed by atoms with Gasteiger partial charge in [0.2, 0.25) is 0 Å². The molecule has 0 amide bonds. The van der Waals surface area contributed by atoms with Crippen molar-refractivity contribution in [1.29, 1.82) is 0 Å². The minimum absolute atomic E-state index is 0.278. The molecular weight excluding hydrogens is 264 g/mol. The van der Waals surface area contributed by atoms with Gasteiger partial charge in [0.15, 0.2) is 0 Å². The average molecular weight is 286 g/mol. The predicted octanol–water partition coefficient (Wildman–Crippen LogP) is 3.78. The molecule has 0 unspecified atom stereocenters. The largest absolute Gasteiger partial charge is 0.497 e. The summed E-state index contributed by atoms with van der Waals surface area (Å²) in [4.78, 5) is 9.07. The second-order valence-electron chi connectivity index (χ2n) is 5.04. The fourth-order valence-electron chi connectivity index (χ4n) is 1.88. The van der Waals surface area contributed by atoms with E-state index in [0.29, 0.717) is 0 Å². The maximum absolute atomic E-state index is 5.16. The Morgan fingerprint density at radius 2 is 1.76 bits per heavy atom. The first-order chi connectivity index (χ1) is 10.1. The molecule has 1 aromatic carbocycles. The molecule has 112 valence electrons. The van der Waals surface area contributed by atoms with Crippen LogP contribution in [0.4, 0.5) is 17.3 Å². The number of hydrogen-bond donors (Lipinski definition) is 2. The van der Waals surface area contributed by atoms with Crippen LogP contribution in [0.3, 0.4) is 0 Å². The monoisotopic (exact) mass is 286 g/mol. The topological polar surface area (TPSA) is 59.1 Å². The third-order valence-electron chi connectivity index (χ3n) is 2.98. The zero-order chi connectivity index (χ0) is 15.2. The highest BCUT2D eigenvalue weighted by Gasteiger charge is 2.08. The Kier molecular flexibility index (Phi) is 4.98. The van der Waals surface area contributed by atoms with E-state index in [1.165, 1.54) is 0 Å². The van der Waals surface area contributed by atoms with Crippen molar-refractivity contribution in [1.82, 2.24) is 9.97 Å². The molecular formula is C16H22N4O. The van der Waals surface area contributed by atoms with Gasteiger partial charge >= 0.3 is 0 Å². The molecule has 5 nitrogen and oxygen atoms in total. The first-order valence-electron chi connectivity index (χ1n) is 7.16. The van der Waals surface area contributed by atoms with Crippen LogP contribution in [-0.2, 0) is 0 Å². The molecule has 0 saturated carbocycles. The summed E-state index contributed by atoms with van der Waals surface area (Å²) in [5, 5.41) is 6.54. The van der Waals surface area contributed by atoms with E-state index in [4.69, 9.17) is 4.74 Å². The lowest BCUT2D eigenvalue weighted by atomic mass is 10.2. The maximum Gasteiger partial charge on any atom is 0.136 e. The number of methoxy groups -OCH3 is 1. The molecule has 0 aliphatic heterocycles. The van der Waals surface area contributed by atoms with Crippen molar-refractivity contribution >= 4 is 17.3 Å². The van der Waals surface area contributed by atoms with Crippen LogP contribution in [0.5, 0.6) is 5.75 Å². The van der Waals surface area contributed by atoms with E-state index in [-0.39, 0.29) is 5.92 Å². The van der Waals surface area contributed by atoms with Gasteiger partial charge < -0.3 is 15.4 Å². The number of nitrogens with one attached hydrogen (secondary N) is 2. The average Bonchev–Trinajstić information content (AvgIpc) is 2.48. The quantitative estimate of drug-likeness (QED) is 0.846. The summed E-state index contributed by atoms with van der Waals surface area (Å²) >= 11 is 0. The molecule has 0 aliphatic carbocycles. The van der Waals surface area contributed by atoms with Crippen molar-refractivity contribution < 1.29 is 4.74 Å². The number of anilines is 3. The standard InChI is InChI=1S/C16H22N4O/c1-5-17-14-10-15(20-16(19-14)11(2)3)18-12-6-8-13(21-4)9-7-12/h6-11H,5H2,1-4H3,(H2,17,18,19,20). The summed E-state index contributed by atoms with van der Waals surface area (Å²) in [6, 6.07) is 9.67. The molecule has 1 aromatic heterocycles. The number of rotatable bonds is 6. The summed E-state index contributed by atoms with van der Waals surface area (Å²) in [5.41, 5.74) is 0.964. The third kappa shape index (κ3) is 4.08. The van der Waals surface area contributed by atoms with Gasteiger partial charge in [0.1, 0.15) is 23.2 Å². The number of aromatic nitrogens is 2. The predicted molar refractivity (Wildman–Crippen MR) is 86.6 cm³/mol. The Morgan fingerprint density at radius 3 is 2.33 bits per heavy atom. The van der Waals surface area contributed by atoms with Crippen LogP contribution >= 0.6 is 0 Å².